The molecule has 0 radical (unpaired) electrons. The van der Waals surface area contributed by atoms with Gasteiger partial charge in [0.15, 0.2) is 0 Å². The smallest absolute Gasteiger partial charge is 0.308 e. The number of esters is 1. The highest BCUT2D eigenvalue weighted by Crippen LogP contribution is 2.29. The third kappa shape index (κ3) is 3.41. The molecular weight excluding hydrogens is 282 g/mol. The zero-order valence-corrected chi connectivity index (χ0v) is 12.6. The van der Waals surface area contributed by atoms with E-state index in [0.29, 0.717) is 17.1 Å². The van der Waals surface area contributed by atoms with Gasteiger partial charge in [-0.15, -0.1) is 0 Å². The van der Waals surface area contributed by atoms with Crippen LogP contribution in [0.3, 0.4) is 0 Å². The number of nitrogens with two attached hydrogens (primary N) is 1. The molecule has 2 rings (SSSR count). The first-order valence-electron chi connectivity index (χ1n) is 6.70. The number of hydrogen-bond donors (Lipinski definition) is 2. The maximum atomic E-state index is 11.4. The Morgan fingerprint density at radius 3 is 2.41 bits per heavy atom. The summed E-state index contributed by atoms with van der Waals surface area (Å²) in [6.07, 6.45) is 1.57. The Morgan fingerprint density at radius 1 is 1.23 bits per heavy atom. The van der Waals surface area contributed by atoms with Gasteiger partial charge in [0.2, 0.25) is 0 Å². The van der Waals surface area contributed by atoms with Crippen molar-refractivity contribution < 1.29 is 14.3 Å². The van der Waals surface area contributed by atoms with E-state index >= 15 is 0 Å². The average Bonchev–Trinajstić information content (AvgIpc) is 2.43. The van der Waals surface area contributed by atoms with Gasteiger partial charge in [-0.2, -0.15) is 0 Å². The monoisotopic (exact) mass is 299 g/mol. The number of primary amides is 1. The van der Waals surface area contributed by atoms with Gasteiger partial charge in [0, 0.05) is 18.8 Å². The molecule has 1 aromatic carbocycles. The van der Waals surface area contributed by atoms with Crippen LogP contribution in [0.15, 0.2) is 30.5 Å². The lowest BCUT2D eigenvalue weighted by molar-refractivity contribution is -0.131. The van der Waals surface area contributed by atoms with Crippen LogP contribution < -0.4 is 15.8 Å². The number of hydrogen-bond acceptors (Lipinski definition) is 5. The first kappa shape index (κ1) is 15.5. The largest absolute Gasteiger partial charge is 0.426 e. The van der Waals surface area contributed by atoms with E-state index in [9.17, 15) is 9.59 Å². The molecule has 3 N–H and O–H groups in total. The van der Waals surface area contributed by atoms with Gasteiger partial charge in [0.25, 0.3) is 5.91 Å². The minimum atomic E-state index is -0.555. The number of carbonyl (C=O) groups is 2. The molecule has 1 heterocycles. The fourth-order valence-corrected chi connectivity index (χ4v) is 2.17. The number of aryl methyl sites for hydroxylation is 2. The predicted molar refractivity (Wildman–Crippen MR) is 83.3 cm³/mol. The maximum Gasteiger partial charge on any atom is 0.308 e. The van der Waals surface area contributed by atoms with Crippen LogP contribution in [0.2, 0.25) is 0 Å². The zero-order chi connectivity index (χ0) is 16.3. The third-order valence-corrected chi connectivity index (χ3v) is 3.04. The van der Waals surface area contributed by atoms with Crippen molar-refractivity contribution in [2.24, 2.45) is 5.73 Å². The molecule has 0 aliphatic rings. The molecule has 114 valence electrons. The van der Waals surface area contributed by atoms with Crippen LogP contribution in [-0.2, 0) is 4.79 Å². The fraction of sp³-hybridized carbons (Fsp3) is 0.188. The van der Waals surface area contributed by atoms with E-state index in [-0.39, 0.29) is 5.97 Å². The molecule has 1 aromatic heterocycles. The van der Waals surface area contributed by atoms with Gasteiger partial charge >= 0.3 is 5.97 Å². The van der Waals surface area contributed by atoms with E-state index in [0.717, 1.165) is 16.8 Å². The first-order chi connectivity index (χ1) is 10.4. The minimum absolute atomic E-state index is 0.307. The quantitative estimate of drug-likeness (QED) is 0.668. The topological polar surface area (TPSA) is 94.3 Å². The Bertz CT molecular complexity index is 718. The van der Waals surface area contributed by atoms with Gasteiger partial charge in [-0.1, -0.05) is 0 Å². The van der Waals surface area contributed by atoms with E-state index in [2.05, 4.69) is 10.3 Å². The summed E-state index contributed by atoms with van der Waals surface area (Å²) in [5.74, 6) is -0.00328. The van der Waals surface area contributed by atoms with Crippen LogP contribution in [0.5, 0.6) is 5.75 Å². The molecule has 0 saturated carbocycles. The number of benzene rings is 1. The predicted octanol–water partition coefficient (Wildman–Crippen LogP) is 2.47. The van der Waals surface area contributed by atoms with E-state index in [1.807, 2.05) is 26.0 Å². The molecule has 2 aromatic rings. The molecule has 0 atom stereocenters. The van der Waals surface area contributed by atoms with Crippen molar-refractivity contribution in [1.29, 1.82) is 0 Å². The Balaban J connectivity index is 2.36. The van der Waals surface area contributed by atoms with E-state index in [1.165, 1.54) is 6.92 Å². The summed E-state index contributed by atoms with van der Waals surface area (Å²) >= 11 is 0. The highest BCUT2D eigenvalue weighted by molar-refractivity contribution is 5.98. The summed E-state index contributed by atoms with van der Waals surface area (Å²) < 4.78 is 5.19. The zero-order valence-electron chi connectivity index (χ0n) is 12.6. The molecule has 6 heteroatoms. The average molecular weight is 299 g/mol. The molecule has 0 fully saturated rings. The van der Waals surface area contributed by atoms with Gasteiger partial charge < -0.3 is 15.8 Å². The summed E-state index contributed by atoms with van der Waals surface area (Å²) in [6.45, 7) is 5.03. The summed E-state index contributed by atoms with van der Waals surface area (Å²) in [5.41, 5.74) is 7.97. The maximum absolute atomic E-state index is 11.4. The number of nitrogens with one attached hydrogen (secondary N) is 1. The number of amides is 1. The molecule has 22 heavy (non-hydrogen) atoms. The molecule has 0 spiro atoms. The van der Waals surface area contributed by atoms with Crippen LogP contribution in [0, 0.1) is 13.8 Å². The van der Waals surface area contributed by atoms with Crippen LogP contribution in [0.25, 0.3) is 0 Å². The van der Waals surface area contributed by atoms with Gasteiger partial charge in [0.05, 0.1) is 5.56 Å². The lowest BCUT2D eigenvalue weighted by Gasteiger charge is -2.14. The molecule has 0 saturated heterocycles. The summed E-state index contributed by atoms with van der Waals surface area (Å²) in [5, 5.41) is 3.06. The number of rotatable bonds is 4. The highest BCUT2D eigenvalue weighted by Gasteiger charge is 2.12. The van der Waals surface area contributed by atoms with Crippen molar-refractivity contribution in [3.8, 4) is 5.75 Å². The fourth-order valence-electron chi connectivity index (χ4n) is 2.17. The third-order valence-electron chi connectivity index (χ3n) is 3.04. The summed E-state index contributed by atoms with van der Waals surface area (Å²) in [7, 11) is 0. The SMILES string of the molecule is CC(=O)Oc1c(C)cc(Nc2ncccc2C(N)=O)cc1C. The van der Waals surface area contributed by atoms with Gasteiger partial charge in [-0.05, 0) is 49.2 Å². The van der Waals surface area contributed by atoms with Crippen molar-refractivity contribution in [1.82, 2.24) is 4.98 Å². The first-order valence-corrected chi connectivity index (χ1v) is 6.70. The van der Waals surface area contributed by atoms with Gasteiger partial charge in [-0.25, -0.2) is 4.98 Å². The van der Waals surface area contributed by atoms with E-state index in [4.69, 9.17) is 10.5 Å². The number of pyridine rings is 1. The van der Waals surface area contributed by atoms with Crippen LogP contribution in [0.1, 0.15) is 28.4 Å². The van der Waals surface area contributed by atoms with Crippen LogP contribution in [0.4, 0.5) is 11.5 Å². The molecule has 0 aliphatic carbocycles. The Hall–Kier alpha value is -2.89. The lowest BCUT2D eigenvalue weighted by atomic mass is 10.1. The number of nitrogens with zero attached hydrogens (tertiary/aromatic N) is 1. The summed E-state index contributed by atoms with van der Waals surface area (Å²) in [6, 6.07) is 6.87. The van der Waals surface area contributed by atoms with Crippen molar-refractivity contribution in [3.05, 3.63) is 47.2 Å². The minimum Gasteiger partial charge on any atom is -0.426 e. The van der Waals surface area contributed by atoms with Crippen LogP contribution >= 0.6 is 0 Å². The lowest BCUT2D eigenvalue weighted by Crippen LogP contribution is -2.14. The van der Waals surface area contributed by atoms with Gasteiger partial charge in [0.1, 0.15) is 11.6 Å². The van der Waals surface area contributed by atoms with Crippen molar-refractivity contribution in [2.45, 2.75) is 20.8 Å². The summed E-state index contributed by atoms with van der Waals surface area (Å²) in [4.78, 5) is 26.6. The highest BCUT2D eigenvalue weighted by atomic mass is 16.5. The Morgan fingerprint density at radius 2 is 1.86 bits per heavy atom. The molecule has 6 nitrogen and oxygen atoms in total. The second kappa shape index (κ2) is 6.26. The van der Waals surface area contributed by atoms with E-state index < -0.39 is 5.91 Å². The van der Waals surface area contributed by atoms with Gasteiger partial charge in [-0.3, -0.25) is 9.59 Å². The van der Waals surface area contributed by atoms with Crippen molar-refractivity contribution >= 4 is 23.4 Å². The number of aromatic nitrogens is 1. The molecule has 0 aliphatic heterocycles. The van der Waals surface area contributed by atoms with E-state index in [1.54, 1.807) is 18.3 Å². The standard InChI is InChI=1S/C16H17N3O3/c1-9-7-12(8-10(2)14(9)22-11(3)20)19-16-13(15(17)21)5-4-6-18-16/h4-8H,1-3H3,(H2,17,21)(H,18,19). The number of anilines is 2. The molecule has 1 amide bonds. The normalized spacial score (nSPS) is 10.1. The van der Waals surface area contributed by atoms with Crippen LogP contribution in [-0.4, -0.2) is 16.9 Å². The number of ether oxygens (including phenoxy) is 1. The second-order valence-electron chi connectivity index (χ2n) is 4.92. The van der Waals surface area contributed by atoms with Crippen molar-refractivity contribution in [2.75, 3.05) is 5.32 Å². The Labute approximate surface area is 128 Å². The second-order valence-corrected chi connectivity index (χ2v) is 4.92. The Kier molecular flexibility index (Phi) is 4.41. The molecule has 0 unspecified atom stereocenters. The number of carbonyl (C=O) groups excluding carboxylic acids is 2. The molecule has 0 bridgehead atoms. The van der Waals surface area contributed by atoms with Crippen molar-refractivity contribution in [3.63, 3.8) is 0 Å². The molecular formula is C16H17N3O3.